The highest BCUT2D eigenvalue weighted by Crippen LogP contribution is 2.39. The molecule has 1 aromatic heterocycles. The van der Waals surface area contributed by atoms with Crippen LogP contribution in [0.3, 0.4) is 0 Å². The number of nitrogens with zero attached hydrogens (tertiary/aromatic N) is 1. The number of aromatic nitrogens is 1. The molecule has 1 unspecified atom stereocenters. The molecular weight excluding hydrogens is 439 g/mol. The molecule has 0 saturated heterocycles. The number of alkyl halides is 3. The van der Waals surface area contributed by atoms with Crippen molar-refractivity contribution in [1.82, 2.24) is 4.57 Å². The van der Waals surface area contributed by atoms with Crippen LogP contribution in [-0.4, -0.2) is 27.9 Å². The van der Waals surface area contributed by atoms with Crippen LogP contribution in [0.2, 0.25) is 0 Å². The summed E-state index contributed by atoms with van der Waals surface area (Å²) in [4.78, 5) is 25.1. The molecule has 0 aliphatic carbocycles. The van der Waals surface area contributed by atoms with Crippen LogP contribution in [0.5, 0.6) is 11.5 Å². The van der Waals surface area contributed by atoms with Gasteiger partial charge in [-0.25, -0.2) is 8.78 Å². The number of hydrogen-bond acceptors (Lipinski definition) is 4. The Labute approximate surface area is 178 Å². The number of phenolic OH excluding ortho intramolecular Hbond substituents is 1. The van der Waals surface area contributed by atoms with Gasteiger partial charge >= 0.3 is 6.36 Å². The van der Waals surface area contributed by atoms with Crippen LogP contribution < -0.4 is 10.5 Å². The highest BCUT2D eigenvalue weighted by atomic mass is 19.4. The molecule has 1 amide bonds. The number of rotatable bonds is 5. The average molecular weight is 456 g/mol. The van der Waals surface area contributed by atoms with Crippen molar-refractivity contribution in [1.29, 1.82) is 0 Å². The summed E-state index contributed by atoms with van der Waals surface area (Å²) in [6.07, 6.45) is -4.79. The zero-order valence-electron chi connectivity index (χ0n) is 16.8. The van der Waals surface area contributed by atoms with Crippen molar-refractivity contribution in [2.75, 3.05) is 0 Å². The number of nitrogens with two attached hydrogens (primary N) is 1. The summed E-state index contributed by atoms with van der Waals surface area (Å²) < 4.78 is 70.7. The first kappa shape index (κ1) is 23.0. The third-order valence-electron chi connectivity index (χ3n) is 5.05. The Bertz CT molecular complexity index is 1220. The molecule has 0 aliphatic heterocycles. The van der Waals surface area contributed by atoms with E-state index >= 15 is 0 Å². The molecule has 0 spiro atoms. The van der Waals surface area contributed by atoms with Crippen LogP contribution >= 0.6 is 0 Å². The number of amides is 1. The summed E-state index contributed by atoms with van der Waals surface area (Å²) >= 11 is 0. The van der Waals surface area contributed by atoms with Gasteiger partial charge in [0.05, 0.1) is 11.4 Å². The average Bonchev–Trinajstić information content (AvgIpc) is 2.97. The molecule has 0 saturated carbocycles. The van der Waals surface area contributed by atoms with Crippen LogP contribution in [0.4, 0.5) is 22.0 Å². The second kappa shape index (κ2) is 8.13. The zero-order chi connectivity index (χ0) is 24.0. The molecule has 0 aliphatic rings. The number of primary amides is 1. The van der Waals surface area contributed by atoms with Gasteiger partial charge in [0.1, 0.15) is 5.75 Å². The number of hydrogen-bond donors (Lipinski definition) is 2. The summed E-state index contributed by atoms with van der Waals surface area (Å²) in [6.45, 7) is 2.98. The van der Waals surface area contributed by atoms with Crippen LogP contribution in [0.15, 0.2) is 30.3 Å². The maximum atomic E-state index is 14.9. The molecule has 32 heavy (non-hydrogen) atoms. The summed E-state index contributed by atoms with van der Waals surface area (Å²) in [6, 6.07) is 4.65. The van der Waals surface area contributed by atoms with Crippen LogP contribution in [-0.2, 0) is 4.79 Å². The van der Waals surface area contributed by atoms with E-state index in [1.807, 2.05) is 0 Å². The number of aromatic hydroxyl groups is 1. The van der Waals surface area contributed by atoms with E-state index in [1.165, 1.54) is 6.92 Å². The second-order valence-corrected chi connectivity index (χ2v) is 6.99. The van der Waals surface area contributed by atoms with E-state index in [4.69, 9.17) is 5.73 Å². The van der Waals surface area contributed by atoms with Gasteiger partial charge < -0.3 is 15.6 Å². The SMILES string of the molecule is CCC(C(N)=O)c1c(C)n(C(=O)c2ccc(OC(F)(F)F)cc2)c2cc(F)c(O)c(F)c12. The van der Waals surface area contributed by atoms with E-state index in [2.05, 4.69) is 4.74 Å². The van der Waals surface area contributed by atoms with E-state index in [1.54, 1.807) is 6.92 Å². The molecule has 11 heteroatoms. The summed E-state index contributed by atoms with van der Waals surface area (Å²) in [5.41, 5.74) is 5.10. The number of carbonyl (C=O) groups is 2. The highest BCUT2D eigenvalue weighted by Gasteiger charge is 2.32. The Kier molecular flexibility index (Phi) is 5.86. The minimum atomic E-state index is -4.92. The van der Waals surface area contributed by atoms with Gasteiger partial charge in [-0.3, -0.25) is 14.2 Å². The van der Waals surface area contributed by atoms with Gasteiger partial charge in [0.2, 0.25) is 5.91 Å². The molecule has 2 aromatic carbocycles. The fourth-order valence-corrected chi connectivity index (χ4v) is 3.67. The Hall–Kier alpha value is -3.63. The number of halogens is 5. The maximum absolute atomic E-state index is 14.9. The predicted octanol–water partition coefficient (Wildman–Crippen LogP) is 4.50. The second-order valence-electron chi connectivity index (χ2n) is 6.99. The third kappa shape index (κ3) is 3.97. The van der Waals surface area contributed by atoms with E-state index in [0.29, 0.717) is 0 Å². The van der Waals surface area contributed by atoms with Gasteiger partial charge in [0.25, 0.3) is 5.91 Å². The van der Waals surface area contributed by atoms with E-state index < -0.39 is 47.2 Å². The molecule has 0 fully saturated rings. The van der Waals surface area contributed by atoms with Gasteiger partial charge in [-0.1, -0.05) is 6.92 Å². The molecule has 0 radical (unpaired) electrons. The standard InChI is InChI=1S/C21H17F5N2O4/c1-3-12(19(27)30)15-9(2)28(14-8-13(22)18(29)17(23)16(14)15)20(31)10-4-6-11(7-5-10)32-21(24,25)26/h4-8,12,29H,3H2,1-2H3,(H2,27,30). The van der Waals surface area contributed by atoms with Gasteiger partial charge in [0.15, 0.2) is 17.4 Å². The number of ether oxygens (including phenoxy) is 1. The smallest absolute Gasteiger partial charge is 0.503 e. The molecule has 170 valence electrons. The van der Waals surface area contributed by atoms with Crippen LogP contribution in [0.1, 0.15) is 40.9 Å². The van der Waals surface area contributed by atoms with Crippen molar-refractivity contribution < 1.29 is 41.4 Å². The van der Waals surface area contributed by atoms with Crippen molar-refractivity contribution in [3.05, 3.63) is 58.8 Å². The zero-order valence-corrected chi connectivity index (χ0v) is 16.8. The Morgan fingerprint density at radius 2 is 1.78 bits per heavy atom. The monoisotopic (exact) mass is 456 g/mol. The highest BCUT2D eigenvalue weighted by molar-refractivity contribution is 6.05. The lowest BCUT2D eigenvalue weighted by Crippen LogP contribution is -2.22. The van der Waals surface area contributed by atoms with Crippen molar-refractivity contribution in [2.24, 2.45) is 5.73 Å². The van der Waals surface area contributed by atoms with Crippen LogP contribution in [0, 0.1) is 18.6 Å². The lowest BCUT2D eigenvalue weighted by atomic mass is 9.93. The quantitative estimate of drug-likeness (QED) is 0.553. The molecule has 3 rings (SSSR count). The van der Waals surface area contributed by atoms with Gasteiger partial charge in [-0.2, -0.15) is 0 Å². The van der Waals surface area contributed by atoms with Gasteiger partial charge in [-0.15, -0.1) is 13.2 Å². The number of carbonyl (C=O) groups excluding carboxylic acids is 2. The fourth-order valence-electron chi connectivity index (χ4n) is 3.67. The summed E-state index contributed by atoms with van der Waals surface area (Å²) in [5, 5.41) is 9.39. The predicted molar refractivity (Wildman–Crippen MR) is 103 cm³/mol. The van der Waals surface area contributed by atoms with Gasteiger partial charge in [0, 0.05) is 22.7 Å². The van der Waals surface area contributed by atoms with Crippen molar-refractivity contribution in [3.8, 4) is 11.5 Å². The topological polar surface area (TPSA) is 94.6 Å². The largest absolute Gasteiger partial charge is 0.573 e. The van der Waals surface area contributed by atoms with Crippen LogP contribution in [0.25, 0.3) is 10.9 Å². The first-order chi connectivity index (χ1) is 14.9. The number of fused-ring (bicyclic) bond motifs is 1. The van der Waals surface area contributed by atoms with E-state index in [9.17, 15) is 36.6 Å². The van der Waals surface area contributed by atoms with Gasteiger partial charge in [-0.05, 0) is 43.2 Å². The Morgan fingerprint density at radius 3 is 2.28 bits per heavy atom. The summed E-state index contributed by atoms with van der Waals surface area (Å²) in [5.74, 6) is -7.25. The lowest BCUT2D eigenvalue weighted by molar-refractivity contribution is -0.274. The minimum absolute atomic E-state index is 0.00757. The van der Waals surface area contributed by atoms with Crippen molar-refractivity contribution in [2.45, 2.75) is 32.5 Å². The molecule has 0 bridgehead atoms. The molecule has 6 nitrogen and oxygen atoms in total. The Balaban J connectivity index is 2.23. The molecule has 3 N–H and O–H groups in total. The van der Waals surface area contributed by atoms with Crippen molar-refractivity contribution in [3.63, 3.8) is 0 Å². The Morgan fingerprint density at radius 1 is 1.19 bits per heavy atom. The number of benzene rings is 2. The minimum Gasteiger partial charge on any atom is -0.503 e. The maximum Gasteiger partial charge on any atom is 0.573 e. The fraction of sp³-hybridized carbons (Fsp3) is 0.238. The molecule has 3 aromatic rings. The molecule has 1 heterocycles. The number of phenols is 1. The van der Waals surface area contributed by atoms with E-state index in [-0.39, 0.29) is 34.1 Å². The summed E-state index contributed by atoms with van der Waals surface area (Å²) in [7, 11) is 0. The normalized spacial score (nSPS) is 12.7. The van der Waals surface area contributed by atoms with Crippen molar-refractivity contribution >= 4 is 22.7 Å². The first-order valence-electron chi connectivity index (χ1n) is 9.29. The molecular formula is C21H17F5N2O4. The molecule has 1 atom stereocenters. The third-order valence-corrected chi connectivity index (χ3v) is 5.05. The first-order valence-corrected chi connectivity index (χ1v) is 9.29. The van der Waals surface area contributed by atoms with E-state index in [0.717, 1.165) is 34.9 Å². The lowest BCUT2D eigenvalue weighted by Gasteiger charge is -2.13.